The molecule has 0 radical (unpaired) electrons. The highest BCUT2D eigenvalue weighted by Crippen LogP contribution is 2.28. The van der Waals surface area contributed by atoms with Crippen LogP contribution in [0.15, 0.2) is 60.0 Å². The van der Waals surface area contributed by atoms with E-state index in [1.54, 1.807) is 36.6 Å². The van der Waals surface area contributed by atoms with Gasteiger partial charge in [0.25, 0.3) is 5.91 Å². The summed E-state index contributed by atoms with van der Waals surface area (Å²) in [5.74, 6) is -0.400. The molecule has 1 amide bonds. The molecule has 164 valence electrons. The Morgan fingerprint density at radius 2 is 1.78 bits per heavy atom. The van der Waals surface area contributed by atoms with Gasteiger partial charge in [-0.3, -0.25) is 14.8 Å². The number of benzene rings is 2. The standard InChI is InChI=1S/C21H18ClN5O3S2/c1-13-18(19(22)27(25-13)16-6-4-3-5-7-16)20(28)24-21-23-17(12-31-21)14-8-10-15(11-9-14)26-32(2,29)30/h3-12,26H,1-2H3,(H,23,24,28). The molecule has 0 fully saturated rings. The molecule has 0 aliphatic carbocycles. The van der Waals surface area contributed by atoms with Crippen LogP contribution in [0.3, 0.4) is 0 Å². The SMILES string of the molecule is Cc1nn(-c2ccccc2)c(Cl)c1C(=O)Nc1nc(-c2ccc(NS(C)(=O)=O)cc2)cs1. The van der Waals surface area contributed by atoms with Gasteiger partial charge in [-0.2, -0.15) is 5.10 Å². The number of sulfonamides is 1. The summed E-state index contributed by atoms with van der Waals surface area (Å²) in [5, 5.41) is 9.59. The summed E-state index contributed by atoms with van der Waals surface area (Å²) >= 11 is 7.73. The van der Waals surface area contributed by atoms with Gasteiger partial charge in [-0.15, -0.1) is 11.3 Å². The largest absolute Gasteiger partial charge is 0.298 e. The first-order valence-corrected chi connectivity index (χ1v) is 12.5. The van der Waals surface area contributed by atoms with Crippen LogP contribution in [0.25, 0.3) is 16.9 Å². The molecule has 4 rings (SSSR count). The van der Waals surface area contributed by atoms with E-state index in [1.165, 1.54) is 16.0 Å². The third kappa shape index (κ3) is 4.82. The van der Waals surface area contributed by atoms with Gasteiger partial charge in [0.1, 0.15) is 10.7 Å². The van der Waals surface area contributed by atoms with E-state index in [2.05, 4.69) is 20.1 Å². The summed E-state index contributed by atoms with van der Waals surface area (Å²) in [6.45, 7) is 1.72. The van der Waals surface area contributed by atoms with E-state index in [9.17, 15) is 13.2 Å². The van der Waals surface area contributed by atoms with Crippen molar-refractivity contribution < 1.29 is 13.2 Å². The van der Waals surface area contributed by atoms with Gasteiger partial charge in [0, 0.05) is 16.6 Å². The van der Waals surface area contributed by atoms with Crippen molar-refractivity contribution in [3.63, 3.8) is 0 Å². The van der Waals surface area contributed by atoms with Crippen molar-refractivity contribution >= 4 is 49.7 Å². The number of nitrogens with zero attached hydrogens (tertiary/aromatic N) is 3. The molecule has 0 spiro atoms. The predicted molar refractivity (Wildman–Crippen MR) is 127 cm³/mol. The van der Waals surface area contributed by atoms with E-state index >= 15 is 0 Å². The second-order valence-corrected chi connectivity index (χ2v) is 9.91. The Kier molecular flexibility index (Phi) is 6.00. The molecule has 0 saturated carbocycles. The van der Waals surface area contributed by atoms with Gasteiger partial charge in [0.05, 0.1) is 23.3 Å². The third-order valence-electron chi connectivity index (χ3n) is 4.44. The molecular weight excluding hydrogens is 470 g/mol. The molecule has 0 atom stereocenters. The average molecular weight is 488 g/mol. The third-order valence-corrected chi connectivity index (χ3v) is 6.15. The molecule has 4 aromatic rings. The number of carbonyl (C=O) groups excluding carboxylic acids is 1. The number of hydrogen-bond donors (Lipinski definition) is 2. The summed E-state index contributed by atoms with van der Waals surface area (Å²) in [6, 6.07) is 16.1. The smallest absolute Gasteiger partial charge is 0.262 e. The summed E-state index contributed by atoms with van der Waals surface area (Å²) in [7, 11) is -3.34. The van der Waals surface area contributed by atoms with Crippen LogP contribution in [0, 0.1) is 6.92 Å². The number of rotatable bonds is 6. The van der Waals surface area contributed by atoms with Crippen LogP contribution in [0.4, 0.5) is 10.8 Å². The second kappa shape index (κ2) is 8.73. The molecule has 2 aromatic heterocycles. The highest BCUT2D eigenvalue weighted by atomic mass is 35.5. The number of aromatic nitrogens is 3. The first-order valence-electron chi connectivity index (χ1n) is 9.37. The molecule has 32 heavy (non-hydrogen) atoms. The monoisotopic (exact) mass is 487 g/mol. The van der Waals surface area contributed by atoms with Gasteiger partial charge >= 0.3 is 0 Å². The van der Waals surface area contributed by atoms with Crippen LogP contribution < -0.4 is 10.0 Å². The summed E-state index contributed by atoms with van der Waals surface area (Å²) in [5.41, 5.74) is 3.43. The lowest BCUT2D eigenvalue weighted by atomic mass is 10.1. The van der Waals surface area contributed by atoms with E-state index < -0.39 is 15.9 Å². The first-order chi connectivity index (χ1) is 15.2. The molecular formula is C21H18ClN5O3S2. The number of nitrogens with one attached hydrogen (secondary N) is 2. The summed E-state index contributed by atoms with van der Waals surface area (Å²) < 4.78 is 26.6. The Labute approximate surface area is 193 Å². The van der Waals surface area contributed by atoms with Gasteiger partial charge in [-0.1, -0.05) is 41.9 Å². The van der Waals surface area contributed by atoms with Crippen molar-refractivity contribution in [3.8, 4) is 16.9 Å². The predicted octanol–water partition coefficient (Wildman–Crippen LogP) is 4.58. The normalized spacial score (nSPS) is 11.3. The number of para-hydroxylation sites is 1. The fourth-order valence-electron chi connectivity index (χ4n) is 3.04. The molecule has 0 bridgehead atoms. The van der Waals surface area contributed by atoms with Crippen molar-refractivity contribution in [2.45, 2.75) is 6.92 Å². The fraction of sp³-hybridized carbons (Fsp3) is 0.0952. The van der Waals surface area contributed by atoms with Crippen LogP contribution in [-0.2, 0) is 10.0 Å². The maximum atomic E-state index is 12.9. The maximum absolute atomic E-state index is 12.9. The van der Waals surface area contributed by atoms with Crippen LogP contribution in [0.5, 0.6) is 0 Å². The molecule has 2 N–H and O–H groups in total. The molecule has 8 nitrogen and oxygen atoms in total. The quantitative estimate of drug-likeness (QED) is 0.414. The highest BCUT2D eigenvalue weighted by Gasteiger charge is 2.22. The summed E-state index contributed by atoms with van der Waals surface area (Å²) in [4.78, 5) is 17.3. The Bertz CT molecular complexity index is 1380. The van der Waals surface area contributed by atoms with E-state index in [-0.39, 0.29) is 10.7 Å². The molecule has 2 heterocycles. The lowest BCUT2D eigenvalue weighted by Crippen LogP contribution is -2.13. The fourth-order valence-corrected chi connectivity index (χ4v) is 4.68. The van der Waals surface area contributed by atoms with Crippen LogP contribution in [0.2, 0.25) is 5.15 Å². The zero-order valence-electron chi connectivity index (χ0n) is 17.0. The van der Waals surface area contributed by atoms with Crippen molar-refractivity contribution in [2.75, 3.05) is 16.3 Å². The lowest BCUT2D eigenvalue weighted by molar-refractivity contribution is 0.102. The number of thiazole rings is 1. The highest BCUT2D eigenvalue weighted by molar-refractivity contribution is 7.92. The summed E-state index contributed by atoms with van der Waals surface area (Å²) in [6.07, 6.45) is 1.09. The van der Waals surface area contributed by atoms with Gasteiger partial charge < -0.3 is 0 Å². The first kappa shape index (κ1) is 22.0. The molecule has 0 saturated heterocycles. The topological polar surface area (TPSA) is 106 Å². The Morgan fingerprint density at radius 1 is 1.09 bits per heavy atom. The number of anilines is 2. The van der Waals surface area contributed by atoms with Gasteiger partial charge in [0.15, 0.2) is 5.13 Å². The van der Waals surface area contributed by atoms with E-state index in [0.29, 0.717) is 22.2 Å². The van der Waals surface area contributed by atoms with Gasteiger partial charge in [-0.25, -0.2) is 18.1 Å². The molecule has 11 heteroatoms. The van der Waals surface area contributed by atoms with Crippen molar-refractivity contribution in [2.24, 2.45) is 0 Å². The van der Waals surface area contributed by atoms with Crippen molar-refractivity contribution in [1.29, 1.82) is 0 Å². The Hall–Kier alpha value is -3.21. The van der Waals surface area contributed by atoms with E-state index in [1.807, 2.05) is 30.3 Å². The van der Waals surface area contributed by atoms with Crippen LogP contribution in [-0.4, -0.2) is 35.3 Å². The molecule has 0 aliphatic rings. The average Bonchev–Trinajstić information content (AvgIpc) is 3.32. The number of hydrogen-bond acceptors (Lipinski definition) is 6. The molecule has 0 aliphatic heterocycles. The zero-order chi connectivity index (χ0) is 22.9. The zero-order valence-corrected chi connectivity index (χ0v) is 19.4. The minimum Gasteiger partial charge on any atom is -0.298 e. The number of carbonyl (C=O) groups is 1. The van der Waals surface area contributed by atoms with Crippen molar-refractivity contribution in [1.82, 2.24) is 14.8 Å². The number of amides is 1. The Morgan fingerprint density at radius 3 is 2.44 bits per heavy atom. The number of halogens is 1. The molecule has 0 unspecified atom stereocenters. The Balaban J connectivity index is 1.52. The minimum atomic E-state index is -3.34. The maximum Gasteiger partial charge on any atom is 0.262 e. The van der Waals surface area contributed by atoms with Crippen LogP contribution >= 0.6 is 22.9 Å². The minimum absolute atomic E-state index is 0.219. The molecule has 2 aromatic carbocycles. The van der Waals surface area contributed by atoms with Crippen LogP contribution in [0.1, 0.15) is 16.1 Å². The second-order valence-electron chi connectivity index (χ2n) is 6.94. The van der Waals surface area contributed by atoms with Gasteiger partial charge in [0.2, 0.25) is 10.0 Å². The lowest BCUT2D eigenvalue weighted by Gasteiger charge is -2.04. The van der Waals surface area contributed by atoms with E-state index in [0.717, 1.165) is 17.5 Å². The number of aryl methyl sites for hydroxylation is 1. The van der Waals surface area contributed by atoms with Crippen molar-refractivity contribution in [3.05, 3.63) is 76.4 Å². The van der Waals surface area contributed by atoms with E-state index in [4.69, 9.17) is 11.6 Å². The van der Waals surface area contributed by atoms with Gasteiger partial charge in [-0.05, 0) is 31.2 Å².